The Bertz CT molecular complexity index is 678. The molecule has 0 saturated carbocycles. The smallest absolute Gasteiger partial charge is 0.293 e. The zero-order valence-electron chi connectivity index (χ0n) is 10.3. The SMILES string of the molecule is N#Cc1ccc(NCc2ccc(F)cc2)c([N+](=O)[O-])c1. The molecule has 0 aliphatic heterocycles. The highest BCUT2D eigenvalue weighted by molar-refractivity contribution is 5.64. The Morgan fingerprint density at radius 1 is 1.25 bits per heavy atom. The van der Waals surface area contributed by atoms with Crippen LogP contribution in [0.4, 0.5) is 15.8 Å². The average molecular weight is 271 g/mol. The summed E-state index contributed by atoms with van der Waals surface area (Å²) in [6, 6.07) is 11.9. The number of nitro groups is 1. The van der Waals surface area contributed by atoms with Crippen LogP contribution in [0.5, 0.6) is 0 Å². The third-order valence-electron chi connectivity index (χ3n) is 2.72. The maximum atomic E-state index is 12.8. The van der Waals surface area contributed by atoms with Crippen molar-refractivity contribution in [2.24, 2.45) is 0 Å². The summed E-state index contributed by atoms with van der Waals surface area (Å²) in [5.41, 5.74) is 1.18. The highest BCUT2D eigenvalue weighted by Crippen LogP contribution is 2.25. The predicted octanol–water partition coefficient (Wildman–Crippen LogP) is 3.22. The van der Waals surface area contributed by atoms with Gasteiger partial charge in [0.1, 0.15) is 11.5 Å². The van der Waals surface area contributed by atoms with Crippen LogP contribution in [0, 0.1) is 27.3 Å². The van der Waals surface area contributed by atoms with Crippen LogP contribution in [0.15, 0.2) is 42.5 Å². The normalized spacial score (nSPS) is 9.80. The van der Waals surface area contributed by atoms with E-state index in [1.165, 1.54) is 30.3 Å². The summed E-state index contributed by atoms with van der Waals surface area (Å²) >= 11 is 0. The number of halogens is 1. The molecule has 0 bridgehead atoms. The minimum absolute atomic E-state index is 0.161. The molecule has 6 heteroatoms. The van der Waals surface area contributed by atoms with Gasteiger partial charge in [-0.25, -0.2) is 4.39 Å². The number of benzene rings is 2. The number of hydrogen-bond acceptors (Lipinski definition) is 4. The Morgan fingerprint density at radius 3 is 2.55 bits per heavy atom. The van der Waals surface area contributed by atoms with Crippen molar-refractivity contribution >= 4 is 11.4 Å². The summed E-state index contributed by atoms with van der Waals surface area (Å²) in [7, 11) is 0. The van der Waals surface area contributed by atoms with Crippen LogP contribution < -0.4 is 5.32 Å². The van der Waals surface area contributed by atoms with Crippen molar-refractivity contribution in [1.82, 2.24) is 0 Å². The maximum absolute atomic E-state index is 12.8. The van der Waals surface area contributed by atoms with Crippen LogP contribution in [0.25, 0.3) is 0 Å². The molecule has 2 aromatic rings. The van der Waals surface area contributed by atoms with E-state index in [9.17, 15) is 14.5 Å². The van der Waals surface area contributed by atoms with Crippen molar-refractivity contribution in [3.05, 3.63) is 69.5 Å². The van der Waals surface area contributed by atoms with Crippen molar-refractivity contribution in [1.29, 1.82) is 5.26 Å². The van der Waals surface area contributed by atoms with E-state index in [1.54, 1.807) is 12.1 Å². The largest absolute Gasteiger partial charge is 0.375 e. The number of nitrogens with zero attached hydrogens (tertiary/aromatic N) is 2. The summed E-state index contributed by atoms with van der Waals surface area (Å²) in [6.07, 6.45) is 0. The minimum Gasteiger partial charge on any atom is -0.375 e. The van der Waals surface area contributed by atoms with Crippen molar-refractivity contribution < 1.29 is 9.31 Å². The van der Waals surface area contributed by atoms with Crippen LogP contribution in [0.2, 0.25) is 0 Å². The Kier molecular flexibility index (Phi) is 3.91. The van der Waals surface area contributed by atoms with E-state index in [4.69, 9.17) is 5.26 Å². The van der Waals surface area contributed by atoms with Gasteiger partial charge in [-0.2, -0.15) is 5.26 Å². The number of nitro benzene ring substituents is 1. The fourth-order valence-electron chi connectivity index (χ4n) is 1.70. The number of rotatable bonds is 4. The van der Waals surface area contributed by atoms with Gasteiger partial charge in [0.15, 0.2) is 0 Å². The lowest BCUT2D eigenvalue weighted by Gasteiger charge is -2.07. The van der Waals surface area contributed by atoms with Crippen molar-refractivity contribution in [3.8, 4) is 6.07 Å². The van der Waals surface area contributed by atoms with E-state index in [0.29, 0.717) is 12.2 Å². The minimum atomic E-state index is -0.548. The lowest BCUT2D eigenvalue weighted by atomic mass is 10.1. The molecule has 0 aromatic heterocycles. The first-order valence-electron chi connectivity index (χ1n) is 5.77. The number of nitriles is 1. The molecule has 100 valence electrons. The maximum Gasteiger partial charge on any atom is 0.293 e. The Morgan fingerprint density at radius 2 is 1.95 bits per heavy atom. The third-order valence-corrected chi connectivity index (χ3v) is 2.72. The fourth-order valence-corrected chi connectivity index (χ4v) is 1.70. The van der Waals surface area contributed by atoms with Crippen LogP contribution in [-0.4, -0.2) is 4.92 Å². The second-order valence-electron chi connectivity index (χ2n) is 4.08. The quantitative estimate of drug-likeness (QED) is 0.684. The van der Waals surface area contributed by atoms with E-state index in [0.717, 1.165) is 5.56 Å². The molecule has 0 heterocycles. The monoisotopic (exact) mass is 271 g/mol. The van der Waals surface area contributed by atoms with Gasteiger partial charge in [0.05, 0.1) is 16.6 Å². The van der Waals surface area contributed by atoms with E-state index in [1.807, 2.05) is 6.07 Å². The Labute approximate surface area is 114 Å². The molecule has 0 saturated heterocycles. The van der Waals surface area contributed by atoms with Gasteiger partial charge in [-0.15, -0.1) is 0 Å². The lowest BCUT2D eigenvalue weighted by molar-refractivity contribution is -0.384. The standard InChI is InChI=1S/C14H10FN3O2/c15-12-4-1-10(2-5-12)9-17-13-6-3-11(8-16)7-14(13)18(19)20/h1-7,17H,9H2. The summed E-state index contributed by atoms with van der Waals surface area (Å²) in [5.74, 6) is -0.335. The highest BCUT2D eigenvalue weighted by Gasteiger charge is 2.14. The molecule has 5 nitrogen and oxygen atoms in total. The molecule has 0 radical (unpaired) electrons. The number of hydrogen-bond donors (Lipinski definition) is 1. The second-order valence-corrected chi connectivity index (χ2v) is 4.08. The van der Waals surface area contributed by atoms with E-state index >= 15 is 0 Å². The first-order valence-corrected chi connectivity index (χ1v) is 5.77. The van der Waals surface area contributed by atoms with Gasteiger partial charge in [-0.1, -0.05) is 12.1 Å². The zero-order valence-corrected chi connectivity index (χ0v) is 10.3. The van der Waals surface area contributed by atoms with Gasteiger partial charge in [-0.3, -0.25) is 10.1 Å². The van der Waals surface area contributed by atoms with Crippen molar-refractivity contribution in [2.45, 2.75) is 6.54 Å². The van der Waals surface area contributed by atoms with Gasteiger partial charge in [-0.05, 0) is 29.8 Å². The molecule has 20 heavy (non-hydrogen) atoms. The number of nitrogens with one attached hydrogen (secondary N) is 1. The summed E-state index contributed by atoms with van der Waals surface area (Å²) < 4.78 is 12.8. The molecule has 0 unspecified atom stereocenters. The molecule has 0 amide bonds. The van der Waals surface area contributed by atoms with Crippen molar-refractivity contribution in [3.63, 3.8) is 0 Å². The van der Waals surface area contributed by atoms with Crippen LogP contribution in [0.1, 0.15) is 11.1 Å². The van der Waals surface area contributed by atoms with Crippen molar-refractivity contribution in [2.75, 3.05) is 5.32 Å². The van der Waals surface area contributed by atoms with E-state index in [2.05, 4.69) is 5.32 Å². The predicted molar refractivity (Wildman–Crippen MR) is 71.5 cm³/mol. The van der Waals surface area contributed by atoms with Gasteiger partial charge >= 0.3 is 0 Å². The molecule has 0 fully saturated rings. The van der Waals surface area contributed by atoms with Crippen LogP contribution in [-0.2, 0) is 6.54 Å². The van der Waals surface area contributed by atoms with Gasteiger partial charge in [0, 0.05) is 12.6 Å². The molecular formula is C14H10FN3O2. The summed E-state index contributed by atoms with van der Waals surface area (Å²) in [6.45, 7) is 0.326. The highest BCUT2D eigenvalue weighted by atomic mass is 19.1. The average Bonchev–Trinajstić information content (AvgIpc) is 2.46. The molecular weight excluding hydrogens is 261 g/mol. The Hall–Kier alpha value is -2.94. The van der Waals surface area contributed by atoms with Gasteiger partial charge < -0.3 is 5.32 Å². The molecule has 0 atom stereocenters. The third kappa shape index (κ3) is 3.09. The first-order chi connectivity index (χ1) is 9.60. The van der Waals surface area contributed by atoms with E-state index < -0.39 is 4.92 Å². The summed E-state index contributed by atoms with van der Waals surface area (Å²) in [5, 5.41) is 22.6. The van der Waals surface area contributed by atoms with E-state index in [-0.39, 0.29) is 17.1 Å². The molecule has 0 aliphatic rings. The lowest BCUT2D eigenvalue weighted by Crippen LogP contribution is -2.03. The molecule has 1 N–H and O–H groups in total. The van der Waals surface area contributed by atoms with Gasteiger partial charge in [0.25, 0.3) is 5.69 Å². The van der Waals surface area contributed by atoms with Crippen LogP contribution in [0.3, 0.4) is 0 Å². The molecule has 2 rings (SSSR count). The number of anilines is 1. The molecule has 0 aliphatic carbocycles. The van der Waals surface area contributed by atoms with Crippen LogP contribution >= 0.6 is 0 Å². The molecule has 0 spiro atoms. The second kappa shape index (κ2) is 5.80. The zero-order chi connectivity index (χ0) is 14.5. The Balaban J connectivity index is 2.19. The topological polar surface area (TPSA) is 79.0 Å². The molecule has 2 aromatic carbocycles. The first kappa shape index (κ1) is 13.5. The summed E-state index contributed by atoms with van der Waals surface area (Å²) in [4.78, 5) is 10.4. The fraction of sp³-hybridized carbons (Fsp3) is 0.0714. The van der Waals surface area contributed by atoms with Gasteiger partial charge in [0.2, 0.25) is 0 Å².